The van der Waals surface area contributed by atoms with Crippen LogP contribution >= 0.6 is 15.9 Å². The number of hydrogen-bond acceptors (Lipinski definition) is 3. The molecule has 0 bridgehead atoms. The van der Waals surface area contributed by atoms with Crippen molar-refractivity contribution in [1.82, 2.24) is 4.98 Å². The van der Waals surface area contributed by atoms with Crippen LogP contribution in [0.25, 0.3) is 0 Å². The first-order valence-electron chi connectivity index (χ1n) is 3.42. The lowest BCUT2D eigenvalue weighted by Crippen LogP contribution is -2.01. The Kier molecular flexibility index (Phi) is 3.16. The van der Waals surface area contributed by atoms with E-state index in [-0.39, 0.29) is 22.5 Å². The van der Waals surface area contributed by atoms with Crippen molar-refractivity contribution in [3.8, 4) is 5.75 Å². The van der Waals surface area contributed by atoms with E-state index in [4.69, 9.17) is 5.73 Å². The Hall–Kier alpha value is -0.750. The average molecular weight is 253 g/mol. The van der Waals surface area contributed by atoms with E-state index in [0.29, 0.717) is 0 Å². The lowest BCUT2D eigenvalue weighted by Gasteiger charge is -2.06. The van der Waals surface area contributed by atoms with Crippen LogP contribution in [-0.4, -0.2) is 10.1 Å². The molecule has 1 aromatic rings. The number of hydrogen-bond donors (Lipinski definition) is 2. The molecule has 0 saturated heterocycles. The summed E-state index contributed by atoms with van der Waals surface area (Å²) < 4.78 is 24.4. The highest BCUT2D eigenvalue weighted by atomic mass is 79.9. The minimum Gasteiger partial charge on any atom is -0.505 e. The molecule has 0 unspecified atom stereocenters. The molecule has 1 heterocycles. The van der Waals surface area contributed by atoms with Crippen LogP contribution in [-0.2, 0) is 6.54 Å². The Labute approximate surface area is 81.7 Å². The second-order valence-corrected chi connectivity index (χ2v) is 3.10. The van der Waals surface area contributed by atoms with Gasteiger partial charge in [-0.25, -0.2) is 13.8 Å². The zero-order valence-corrected chi connectivity index (χ0v) is 8.05. The van der Waals surface area contributed by atoms with E-state index in [9.17, 15) is 13.9 Å². The maximum atomic E-state index is 12.2. The summed E-state index contributed by atoms with van der Waals surface area (Å²) in [6, 6.07) is 1.09. The summed E-state index contributed by atoms with van der Waals surface area (Å²) in [7, 11) is 0. The highest BCUT2D eigenvalue weighted by molar-refractivity contribution is 9.10. The van der Waals surface area contributed by atoms with Gasteiger partial charge in [0.25, 0.3) is 6.43 Å². The van der Waals surface area contributed by atoms with Crippen molar-refractivity contribution < 1.29 is 13.9 Å². The molecule has 0 spiro atoms. The number of aromatic hydroxyl groups is 1. The van der Waals surface area contributed by atoms with E-state index in [0.717, 1.165) is 6.07 Å². The van der Waals surface area contributed by atoms with Gasteiger partial charge in [0.1, 0.15) is 10.3 Å². The summed E-state index contributed by atoms with van der Waals surface area (Å²) in [6.07, 6.45) is -2.66. The predicted octanol–water partition coefficient (Wildman–Crippen LogP) is 1.95. The first-order valence-corrected chi connectivity index (χ1v) is 4.22. The van der Waals surface area contributed by atoms with Crippen molar-refractivity contribution in [2.24, 2.45) is 5.73 Å². The minimum atomic E-state index is -2.66. The van der Waals surface area contributed by atoms with E-state index in [1.165, 1.54) is 0 Å². The van der Waals surface area contributed by atoms with Crippen LogP contribution in [0.4, 0.5) is 8.78 Å². The molecule has 0 saturated carbocycles. The molecule has 13 heavy (non-hydrogen) atoms. The second kappa shape index (κ2) is 3.97. The molecule has 3 N–H and O–H groups in total. The molecule has 0 aromatic carbocycles. The van der Waals surface area contributed by atoms with Crippen LogP contribution < -0.4 is 5.73 Å². The fourth-order valence-corrected chi connectivity index (χ4v) is 1.30. The SMILES string of the molecule is NCc1cc(C(F)F)nc(Br)c1O. The smallest absolute Gasteiger partial charge is 0.280 e. The number of alkyl halides is 2. The number of nitrogens with zero attached hydrogens (tertiary/aromatic N) is 1. The predicted molar refractivity (Wildman–Crippen MR) is 46.5 cm³/mol. The lowest BCUT2D eigenvalue weighted by atomic mass is 10.2. The summed E-state index contributed by atoms with van der Waals surface area (Å²) in [5, 5.41) is 9.27. The van der Waals surface area contributed by atoms with Gasteiger partial charge in [-0.2, -0.15) is 0 Å². The first kappa shape index (κ1) is 10.3. The largest absolute Gasteiger partial charge is 0.505 e. The van der Waals surface area contributed by atoms with Crippen molar-refractivity contribution in [1.29, 1.82) is 0 Å². The number of halogens is 3. The fraction of sp³-hybridized carbons (Fsp3) is 0.286. The van der Waals surface area contributed by atoms with Crippen LogP contribution in [0.2, 0.25) is 0 Å². The summed E-state index contributed by atoms with van der Waals surface area (Å²) in [6.45, 7) is -0.00727. The van der Waals surface area contributed by atoms with Crippen LogP contribution in [0.1, 0.15) is 17.7 Å². The zero-order valence-electron chi connectivity index (χ0n) is 6.47. The molecule has 0 fully saturated rings. The molecule has 1 rings (SSSR count). The minimum absolute atomic E-state index is 0.00727. The highest BCUT2D eigenvalue weighted by Crippen LogP contribution is 2.29. The summed E-state index contributed by atoms with van der Waals surface area (Å²) in [5.41, 5.74) is 5.08. The third-order valence-corrected chi connectivity index (χ3v) is 2.05. The van der Waals surface area contributed by atoms with Gasteiger partial charge in [0, 0.05) is 12.1 Å². The van der Waals surface area contributed by atoms with Gasteiger partial charge in [-0.05, 0) is 22.0 Å². The molecule has 0 aliphatic carbocycles. The Balaban J connectivity index is 3.22. The standard InChI is InChI=1S/C7H7BrF2N2O/c8-6-5(13)3(2-11)1-4(12-6)7(9)10/h1,7,13H,2,11H2. The molecular formula is C7H7BrF2N2O. The van der Waals surface area contributed by atoms with E-state index in [1.54, 1.807) is 0 Å². The van der Waals surface area contributed by atoms with Crippen LogP contribution in [0, 0.1) is 0 Å². The number of nitrogens with two attached hydrogens (primary N) is 1. The maximum absolute atomic E-state index is 12.2. The summed E-state index contributed by atoms with van der Waals surface area (Å²) >= 11 is 2.86. The summed E-state index contributed by atoms with van der Waals surface area (Å²) in [5.74, 6) is -0.188. The molecule has 72 valence electrons. The third kappa shape index (κ3) is 2.13. The van der Waals surface area contributed by atoms with Crippen molar-refractivity contribution in [2.45, 2.75) is 13.0 Å². The molecule has 0 amide bonds. The number of rotatable bonds is 2. The quantitative estimate of drug-likeness (QED) is 0.792. The first-order chi connectivity index (χ1) is 6.06. The summed E-state index contributed by atoms with van der Waals surface area (Å²) in [4.78, 5) is 3.44. The average Bonchev–Trinajstić information content (AvgIpc) is 2.09. The van der Waals surface area contributed by atoms with Gasteiger partial charge in [-0.1, -0.05) is 0 Å². The van der Waals surface area contributed by atoms with Gasteiger partial charge in [-0.15, -0.1) is 0 Å². The van der Waals surface area contributed by atoms with Crippen molar-refractivity contribution in [3.05, 3.63) is 21.9 Å². The number of aromatic nitrogens is 1. The molecule has 1 aromatic heterocycles. The molecule has 3 nitrogen and oxygen atoms in total. The topological polar surface area (TPSA) is 59.1 Å². The van der Waals surface area contributed by atoms with Gasteiger partial charge in [-0.3, -0.25) is 0 Å². The van der Waals surface area contributed by atoms with Gasteiger partial charge < -0.3 is 10.8 Å². The van der Waals surface area contributed by atoms with E-state index in [1.807, 2.05) is 0 Å². The Morgan fingerprint density at radius 2 is 2.23 bits per heavy atom. The fourth-order valence-electron chi connectivity index (χ4n) is 0.845. The Morgan fingerprint density at radius 1 is 1.62 bits per heavy atom. The zero-order chi connectivity index (χ0) is 10.0. The third-order valence-electron chi connectivity index (χ3n) is 1.49. The van der Waals surface area contributed by atoms with Crippen LogP contribution in [0.5, 0.6) is 5.75 Å². The molecule has 0 atom stereocenters. The van der Waals surface area contributed by atoms with Gasteiger partial charge >= 0.3 is 0 Å². The number of pyridine rings is 1. The van der Waals surface area contributed by atoms with Gasteiger partial charge in [0.15, 0.2) is 5.75 Å². The van der Waals surface area contributed by atoms with Crippen molar-refractivity contribution >= 4 is 15.9 Å². The molecule has 0 radical (unpaired) electrons. The van der Waals surface area contributed by atoms with E-state index < -0.39 is 12.1 Å². The normalized spacial score (nSPS) is 10.8. The van der Waals surface area contributed by atoms with Gasteiger partial charge in [0.2, 0.25) is 0 Å². The van der Waals surface area contributed by atoms with Crippen LogP contribution in [0.15, 0.2) is 10.7 Å². The maximum Gasteiger partial charge on any atom is 0.280 e. The monoisotopic (exact) mass is 252 g/mol. The molecule has 6 heteroatoms. The van der Waals surface area contributed by atoms with Crippen molar-refractivity contribution in [3.63, 3.8) is 0 Å². The Morgan fingerprint density at radius 3 is 2.69 bits per heavy atom. The van der Waals surface area contributed by atoms with E-state index in [2.05, 4.69) is 20.9 Å². The molecule has 0 aliphatic rings. The van der Waals surface area contributed by atoms with Crippen LogP contribution in [0.3, 0.4) is 0 Å². The Bertz CT molecular complexity index is 320. The van der Waals surface area contributed by atoms with Gasteiger partial charge in [0.05, 0.1) is 0 Å². The van der Waals surface area contributed by atoms with E-state index >= 15 is 0 Å². The molecule has 0 aliphatic heterocycles. The van der Waals surface area contributed by atoms with Crippen molar-refractivity contribution in [2.75, 3.05) is 0 Å². The lowest BCUT2D eigenvalue weighted by molar-refractivity contribution is 0.145. The second-order valence-electron chi connectivity index (χ2n) is 2.35. The highest BCUT2D eigenvalue weighted by Gasteiger charge is 2.14. The molecular weight excluding hydrogens is 246 g/mol.